The first-order valence-electron chi connectivity index (χ1n) is 7.44. The van der Waals surface area contributed by atoms with E-state index in [9.17, 15) is 9.59 Å². The van der Waals surface area contributed by atoms with Gasteiger partial charge >= 0.3 is 0 Å². The number of benzene rings is 1. The van der Waals surface area contributed by atoms with Crippen molar-refractivity contribution in [2.75, 3.05) is 5.32 Å². The topological polar surface area (TPSA) is 46.2 Å². The number of carbonyl (C=O) groups is 2. The Hall–Kier alpha value is -1.06. The van der Waals surface area contributed by atoms with Crippen molar-refractivity contribution >= 4 is 40.6 Å². The maximum atomic E-state index is 13.0. The second-order valence-electron chi connectivity index (χ2n) is 7.22. The molecule has 0 radical (unpaired) electrons. The number of halogens is 2. The predicted molar refractivity (Wildman–Crippen MR) is 88.3 cm³/mol. The number of carbonyl (C=O) groups excluding carboxylic acids is 2. The van der Waals surface area contributed by atoms with Crippen LogP contribution in [-0.2, 0) is 9.59 Å². The number of nitrogens with one attached hydrogen (secondary N) is 1. The van der Waals surface area contributed by atoms with Gasteiger partial charge in [-0.25, -0.2) is 0 Å². The van der Waals surface area contributed by atoms with Crippen LogP contribution in [0.1, 0.15) is 40.0 Å². The second kappa shape index (κ2) is 4.72. The average Bonchev–Trinajstić information content (AvgIpc) is 2.73. The van der Waals surface area contributed by atoms with E-state index in [0.29, 0.717) is 22.2 Å². The minimum absolute atomic E-state index is 0.128. The van der Waals surface area contributed by atoms with E-state index in [4.69, 9.17) is 23.2 Å². The Morgan fingerprint density at radius 1 is 1.18 bits per heavy atom. The summed E-state index contributed by atoms with van der Waals surface area (Å²) in [6.07, 6.45) is 1.79. The Morgan fingerprint density at radius 2 is 1.86 bits per heavy atom. The molecule has 0 aromatic heterocycles. The van der Waals surface area contributed by atoms with Gasteiger partial charge in [0.2, 0.25) is 5.91 Å². The number of fused-ring (bicyclic) bond motifs is 2. The summed E-state index contributed by atoms with van der Waals surface area (Å²) in [6.45, 7) is 6.05. The molecule has 2 aliphatic carbocycles. The van der Waals surface area contributed by atoms with E-state index in [1.807, 2.05) is 20.8 Å². The molecule has 2 aliphatic rings. The van der Waals surface area contributed by atoms with E-state index in [0.717, 1.165) is 12.8 Å². The third-order valence-corrected chi connectivity index (χ3v) is 6.88. The summed E-state index contributed by atoms with van der Waals surface area (Å²) in [5.41, 5.74) is -0.948. The second-order valence-corrected chi connectivity index (χ2v) is 8.06. The lowest BCUT2D eigenvalue weighted by molar-refractivity contribution is -0.131. The number of amides is 1. The van der Waals surface area contributed by atoms with E-state index in [1.54, 1.807) is 18.2 Å². The van der Waals surface area contributed by atoms with Gasteiger partial charge in [0, 0.05) is 16.9 Å². The SMILES string of the molecule is CC1(C)[C@@]2(C(=O)Nc3cc(Cl)ccc3Cl)CC[C@]1(C)C(=O)C2. The molecular formula is C17H19Cl2NO2. The number of anilines is 1. The van der Waals surface area contributed by atoms with Gasteiger partial charge in [0.15, 0.2) is 0 Å². The lowest BCUT2D eigenvalue weighted by atomic mass is 9.64. The summed E-state index contributed by atoms with van der Waals surface area (Å²) >= 11 is 12.1. The van der Waals surface area contributed by atoms with E-state index in [2.05, 4.69) is 5.32 Å². The smallest absolute Gasteiger partial charge is 0.231 e. The number of rotatable bonds is 2. The Labute approximate surface area is 140 Å². The third-order valence-electron chi connectivity index (χ3n) is 6.32. The van der Waals surface area contributed by atoms with Gasteiger partial charge in [0.1, 0.15) is 5.78 Å². The van der Waals surface area contributed by atoms with Crippen LogP contribution in [0.3, 0.4) is 0 Å². The van der Waals surface area contributed by atoms with Crippen molar-refractivity contribution in [2.45, 2.75) is 40.0 Å². The van der Waals surface area contributed by atoms with Gasteiger partial charge in [-0.3, -0.25) is 9.59 Å². The van der Waals surface area contributed by atoms with E-state index < -0.39 is 10.8 Å². The van der Waals surface area contributed by atoms with Gasteiger partial charge < -0.3 is 5.32 Å². The minimum Gasteiger partial charge on any atom is -0.324 e. The summed E-state index contributed by atoms with van der Waals surface area (Å²) in [6, 6.07) is 4.96. The molecule has 0 aliphatic heterocycles. The Kier molecular flexibility index (Phi) is 3.39. The largest absolute Gasteiger partial charge is 0.324 e. The van der Waals surface area contributed by atoms with Gasteiger partial charge in [-0.15, -0.1) is 0 Å². The van der Waals surface area contributed by atoms with Crippen LogP contribution >= 0.6 is 23.2 Å². The fraction of sp³-hybridized carbons (Fsp3) is 0.529. The molecule has 5 heteroatoms. The zero-order chi connectivity index (χ0) is 16.3. The number of hydrogen-bond acceptors (Lipinski definition) is 2. The van der Waals surface area contributed by atoms with E-state index >= 15 is 0 Å². The maximum Gasteiger partial charge on any atom is 0.231 e. The zero-order valence-electron chi connectivity index (χ0n) is 12.9. The lowest BCUT2D eigenvalue weighted by Crippen LogP contribution is -2.43. The van der Waals surface area contributed by atoms with E-state index in [1.165, 1.54) is 0 Å². The van der Waals surface area contributed by atoms with Crippen molar-refractivity contribution in [1.82, 2.24) is 0 Å². The highest BCUT2D eigenvalue weighted by molar-refractivity contribution is 6.35. The molecule has 2 saturated carbocycles. The normalized spacial score (nSPS) is 32.3. The molecule has 22 heavy (non-hydrogen) atoms. The quantitative estimate of drug-likeness (QED) is 0.847. The molecule has 2 bridgehead atoms. The van der Waals surface area contributed by atoms with Crippen LogP contribution in [0, 0.1) is 16.2 Å². The molecule has 3 nitrogen and oxygen atoms in total. The monoisotopic (exact) mass is 339 g/mol. The minimum atomic E-state index is -0.662. The molecule has 1 aromatic rings. The van der Waals surface area contributed by atoms with Gasteiger partial charge in [0.25, 0.3) is 0 Å². The summed E-state index contributed by atoms with van der Waals surface area (Å²) < 4.78 is 0. The fourth-order valence-electron chi connectivity index (χ4n) is 4.20. The van der Waals surface area contributed by atoms with Crippen LogP contribution in [0.5, 0.6) is 0 Å². The number of Topliss-reactive ketones (excluding diaryl/α,β-unsaturated/α-hetero) is 1. The van der Waals surface area contributed by atoms with Crippen LogP contribution in [0.2, 0.25) is 10.0 Å². The Morgan fingerprint density at radius 3 is 2.41 bits per heavy atom. The van der Waals surface area contributed by atoms with Crippen molar-refractivity contribution in [1.29, 1.82) is 0 Å². The first kappa shape index (κ1) is 15.8. The fourth-order valence-corrected chi connectivity index (χ4v) is 4.53. The molecule has 1 aromatic carbocycles. The van der Waals surface area contributed by atoms with Crippen LogP contribution in [0.4, 0.5) is 5.69 Å². The molecule has 0 spiro atoms. The lowest BCUT2D eigenvalue weighted by Gasteiger charge is -2.38. The number of hydrogen-bond donors (Lipinski definition) is 1. The molecule has 3 rings (SSSR count). The van der Waals surface area contributed by atoms with Crippen LogP contribution in [0.15, 0.2) is 18.2 Å². The van der Waals surface area contributed by atoms with Crippen molar-refractivity contribution in [2.24, 2.45) is 16.2 Å². The average molecular weight is 340 g/mol. The Balaban J connectivity index is 1.96. The van der Waals surface area contributed by atoms with Crippen molar-refractivity contribution in [3.63, 3.8) is 0 Å². The molecule has 2 fully saturated rings. The maximum absolute atomic E-state index is 13.0. The third kappa shape index (κ3) is 1.82. The first-order chi connectivity index (χ1) is 10.1. The van der Waals surface area contributed by atoms with E-state index in [-0.39, 0.29) is 17.1 Å². The summed E-state index contributed by atoms with van der Waals surface area (Å²) in [5.74, 6) is 0.0623. The van der Waals surface area contributed by atoms with Crippen molar-refractivity contribution in [3.8, 4) is 0 Å². The zero-order valence-corrected chi connectivity index (χ0v) is 14.4. The molecular weight excluding hydrogens is 321 g/mol. The van der Waals surface area contributed by atoms with Gasteiger partial charge in [-0.1, -0.05) is 44.0 Å². The molecule has 0 heterocycles. The van der Waals surface area contributed by atoms with Crippen LogP contribution in [0.25, 0.3) is 0 Å². The summed E-state index contributed by atoms with van der Waals surface area (Å²) in [5, 5.41) is 3.85. The molecule has 0 saturated heterocycles. The highest BCUT2D eigenvalue weighted by Crippen LogP contribution is 2.70. The Bertz CT molecular complexity index is 685. The molecule has 2 atom stereocenters. The van der Waals surface area contributed by atoms with Gasteiger partial charge in [-0.05, 0) is 36.5 Å². The highest BCUT2D eigenvalue weighted by Gasteiger charge is 2.72. The van der Waals surface area contributed by atoms with Gasteiger partial charge in [-0.2, -0.15) is 0 Å². The summed E-state index contributed by atoms with van der Waals surface area (Å²) in [7, 11) is 0. The molecule has 1 amide bonds. The predicted octanol–water partition coefficient (Wildman–Crippen LogP) is 4.72. The standard InChI is InChI=1S/C17H19Cl2NO2/c1-15(2)16(3)6-7-17(15,9-13(16)21)14(22)20-12-8-10(18)4-5-11(12)19/h4-5,8H,6-7,9H2,1-3H3,(H,20,22)/t16-,17+/m1/s1. The number of ketones is 1. The van der Waals surface area contributed by atoms with Crippen molar-refractivity contribution in [3.05, 3.63) is 28.2 Å². The van der Waals surface area contributed by atoms with Gasteiger partial charge in [0.05, 0.1) is 16.1 Å². The van der Waals surface area contributed by atoms with Crippen molar-refractivity contribution < 1.29 is 9.59 Å². The summed E-state index contributed by atoms with van der Waals surface area (Å²) in [4.78, 5) is 25.4. The first-order valence-corrected chi connectivity index (χ1v) is 8.19. The molecule has 0 unspecified atom stereocenters. The molecule has 1 N–H and O–H groups in total. The van der Waals surface area contributed by atoms with Crippen LogP contribution < -0.4 is 5.32 Å². The highest BCUT2D eigenvalue weighted by atomic mass is 35.5. The van der Waals surface area contributed by atoms with Crippen LogP contribution in [-0.4, -0.2) is 11.7 Å². The molecule has 118 valence electrons.